The summed E-state index contributed by atoms with van der Waals surface area (Å²) in [5.41, 5.74) is 0.999. The van der Waals surface area contributed by atoms with E-state index in [0.717, 1.165) is 5.92 Å². The van der Waals surface area contributed by atoms with E-state index >= 15 is 0 Å². The lowest BCUT2D eigenvalue weighted by molar-refractivity contribution is 0.119. The van der Waals surface area contributed by atoms with E-state index < -0.39 is 0 Å². The molecule has 0 aliphatic carbocycles. The Morgan fingerprint density at radius 1 is 1.00 bits per heavy atom. The maximum absolute atomic E-state index is 2.45. The molecule has 1 unspecified atom stereocenters. The third-order valence-electron chi connectivity index (χ3n) is 4.22. The van der Waals surface area contributed by atoms with Gasteiger partial charge in [-0.3, -0.25) is 0 Å². The maximum Gasteiger partial charge on any atom is -0.0323 e. The zero-order valence-corrected chi connectivity index (χ0v) is 12.1. The Labute approximate surface area is 97.8 Å². The number of rotatable bonds is 7. The molecule has 15 heavy (non-hydrogen) atoms. The van der Waals surface area contributed by atoms with Gasteiger partial charge in [0.1, 0.15) is 0 Å². The van der Waals surface area contributed by atoms with Crippen LogP contribution in [0.2, 0.25) is 0 Å². The van der Waals surface area contributed by atoms with Crippen molar-refractivity contribution in [3.05, 3.63) is 0 Å². The maximum atomic E-state index is 2.45. The number of hydrogen-bond donors (Lipinski definition) is 0. The SMILES string of the molecule is CCCCC(C)C(C)(C)CC(C)(C)CC. The normalized spacial score (nSPS) is 15.4. The second kappa shape index (κ2) is 5.92. The first-order chi connectivity index (χ1) is 6.75. The van der Waals surface area contributed by atoms with Crippen molar-refractivity contribution in [3.8, 4) is 0 Å². The largest absolute Gasteiger partial charge is 0.0654 e. The van der Waals surface area contributed by atoms with Crippen LogP contribution in [-0.4, -0.2) is 0 Å². The van der Waals surface area contributed by atoms with Crippen molar-refractivity contribution in [2.24, 2.45) is 16.7 Å². The molecular formula is C15H32. The summed E-state index contributed by atoms with van der Waals surface area (Å²) in [5.74, 6) is 0.850. The molecule has 0 spiro atoms. The Kier molecular flexibility index (Phi) is 5.92. The van der Waals surface area contributed by atoms with Crippen LogP contribution in [0.25, 0.3) is 0 Å². The lowest BCUT2D eigenvalue weighted by Crippen LogP contribution is -2.28. The highest BCUT2D eigenvalue weighted by molar-refractivity contribution is 4.82. The molecule has 1 atom stereocenters. The summed E-state index contributed by atoms with van der Waals surface area (Å²) >= 11 is 0. The van der Waals surface area contributed by atoms with E-state index in [0.29, 0.717) is 10.8 Å². The van der Waals surface area contributed by atoms with Gasteiger partial charge in [0.25, 0.3) is 0 Å². The first-order valence-corrected chi connectivity index (χ1v) is 6.75. The molecule has 0 aromatic rings. The van der Waals surface area contributed by atoms with E-state index in [-0.39, 0.29) is 0 Å². The second-order valence-corrected chi connectivity index (χ2v) is 6.73. The van der Waals surface area contributed by atoms with Crippen LogP contribution < -0.4 is 0 Å². The van der Waals surface area contributed by atoms with Gasteiger partial charge in [-0.1, -0.05) is 74.1 Å². The quantitative estimate of drug-likeness (QED) is 0.510. The molecule has 0 heteroatoms. The summed E-state index contributed by atoms with van der Waals surface area (Å²) in [4.78, 5) is 0. The molecule has 0 heterocycles. The van der Waals surface area contributed by atoms with Crippen molar-refractivity contribution in [2.75, 3.05) is 0 Å². The molecule has 0 saturated carbocycles. The molecule has 0 aliphatic rings. The van der Waals surface area contributed by atoms with Gasteiger partial charge in [0.15, 0.2) is 0 Å². The molecule has 0 rings (SSSR count). The topological polar surface area (TPSA) is 0 Å². The molecule has 0 nitrogen and oxygen atoms in total. The predicted octanol–water partition coefficient (Wildman–Crippen LogP) is 5.67. The lowest BCUT2D eigenvalue weighted by atomic mass is 9.67. The van der Waals surface area contributed by atoms with Crippen LogP contribution in [0.3, 0.4) is 0 Å². The highest BCUT2D eigenvalue weighted by atomic mass is 14.4. The summed E-state index contributed by atoms with van der Waals surface area (Å²) in [7, 11) is 0. The predicted molar refractivity (Wildman–Crippen MR) is 71.2 cm³/mol. The van der Waals surface area contributed by atoms with Gasteiger partial charge in [-0.15, -0.1) is 0 Å². The van der Waals surface area contributed by atoms with Gasteiger partial charge in [0.05, 0.1) is 0 Å². The van der Waals surface area contributed by atoms with E-state index in [1.165, 1.54) is 32.1 Å². The van der Waals surface area contributed by atoms with Gasteiger partial charge >= 0.3 is 0 Å². The molecule has 0 bridgehead atoms. The van der Waals surface area contributed by atoms with E-state index in [1.54, 1.807) is 0 Å². The van der Waals surface area contributed by atoms with E-state index in [1.807, 2.05) is 0 Å². The minimum absolute atomic E-state index is 0.495. The fraction of sp³-hybridized carbons (Fsp3) is 1.00. The minimum Gasteiger partial charge on any atom is -0.0654 e. The van der Waals surface area contributed by atoms with Gasteiger partial charge in [0, 0.05) is 0 Å². The van der Waals surface area contributed by atoms with E-state index in [9.17, 15) is 0 Å². The van der Waals surface area contributed by atoms with Crippen molar-refractivity contribution < 1.29 is 0 Å². The Balaban J connectivity index is 4.26. The van der Waals surface area contributed by atoms with Crippen LogP contribution in [0.4, 0.5) is 0 Å². The van der Waals surface area contributed by atoms with E-state index in [4.69, 9.17) is 0 Å². The Bertz CT molecular complexity index is 165. The van der Waals surface area contributed by atoms with Gasteiger partial charge in [-0.05, 0) is 23.2 Å². The average Bonchev–Trinajstić information content (AvgIpc) is 2.12. The molecule has 0 N–H and O–H groups in total. The van der Waals surface area contributed by atoms with Crippen LogP contribution in [0.1, 0.15) is 80.6 Å². The molecule has 0 radical (unpaired) electrons. The Morgan fingerprint density at radius 3 is 1.93 bits per heavy atom. The first kappa shape index (κ1) is 15.0. The van der Waals surface area contributed by atoms with Crippen molar-refractivity contribution in [1.82, 2.24) is 0 Å². The highest BCUT2D eigenvalue weighted by Gasteiger charge is 2.31. The van der Waals surface area contributed by atoms with Crippen molar-refractivity contribution in [2.45, 2.75) is 80.6 Å². The molecule has 0 aliphatic heterocycles. The number of hydrogen-bond acceptors (Lipinski definition) is 0. The Hall–Kier alpha value is 0. The highest BCUT2D eigenvalue weighted by Crippen LogP contribution is 2.42. The molecular weight excluding hydrogens is 180 g/mol. The lowest BCUT2D eigenvalue weighted by Gasteiger charge is -2.39. The van der Waals surface area contributed by atoms with Crippen LogP contribution in [-0.2, 0) is 0 Å². The molecule has 0 amide bonds. The third kappa shape index (κ3) is 5.58. The zero-order valence-electron chi connectivity index (χ0n) is 12.1. The van der Waals surface area contributed by atoms with Gasteiger partial charge in [-0.2, -0.15) is 0 Å². The molecule has 92 valence electrons. The fourth-order valence-corrected chi connectivity index (χ4v) is 2.43. The first-order valence-electron chi connectivity index (χ1n) is 6.75. The van der Waals surface area contributed by atoms with Crippen molar-refractivity contribution in [1.29, 1.82) is 0 Å². The van der Waals surface area contributed by atoms with Gasteiger partial charge in [0.2, 0.25) is 0 Å². The summed E-state index contributed by atoms with van der Waals surface area (Å²) in [6.45, 7) is 16.7. The Morgan fingerprint density at radius 2 is 1.53 bits per heavy atom. The summed E-state index contributed by atoms with van der Waals surface area (Å²) in [6.07, 6.45) is 6.75. The van der Waals surface area contributed by atoms with Crippen LogP contribution >= 0.6 is 0 Å². The number of unbranched alkanes of at least 4 members (excludes halogenated alkanes) is 1. The molecule has 0 fully saturated rings. The van der Waals surface area contributed by atoms with Crippen LogP contribution in [0, 0.1) is 16.7 Å². The van der Waals surface area contributed by atoms with Gasteiger partial charge in [-0.25, -0.2) is 0 Å². The zero-order chi connectivity index (χ0) is 12.1. The smallest absolute Gasteiger partial charge is 0.0323 e. The summed E-state index contributed by atoms with van der Waals surface area (Å²) in [6, 6.07) is 0. The summed E-state index contributed by atoms with van der Waals surface area (Å²) < 4.78 is 0. The van der Waals surface area contributed by atoms with Crippen molar-refractivity contribution >= 4 is 0 Å². The monoisotopic (exact) mass is 212 g/mol. The fourth-order valence-electron chi connectivity index (χ4n) is 2.43. The molecule has 0 saturated heterocycles. The van der Waals surface area contributed by atoms with Gasteiger partial charge < -0.3 is 0 Å². The third-order valence-corrected chi connectivity index (χ3v) is 4.22. The standard InChI is InChI=1S/C15H32/c1-8-10-11-13(3)15(6,7)12-14(4,5)9-2/h13H,8-12H2,1-7H3. The molecule has 0 aromatic heterocycles. The molecule has 0 aromatic carbocycles. The van der Waals surface area contributed by atoms with E-state index in [2.05, 4.69) is 48.5 Å². The average molecular weight is 212 g/mol. The minimum atomic E-state index is 0.495. The summed E-state index contributed by atoms with van der Waals surface area (Å²) in [5, 5.41) is 0. The van der Waals surface area contributed by atoms with Crippen LogP contribution in [0.15, 0.2) is 0 Å². The second-order valence-electron chi connectivity index (χ2n) is 6.73. The van der Waals surface area contributed by atoms with Crippen molar-refractivity contribution in [3.63, 3.8) is 0 Å². The van der Waals surface area contributed by atoms with Crippen LogP contribution in [0.5, 0.6) is 0 Å².